The van der Waals surface area contributed by atoms with Crippen LogP contribution in [0.1, 0.15) is 32.8 Å². The molecule has 0 aliphatic rings. The maximum absolute atomic E-state index is 13.3. The lowest BCUT2D eigenvalue weighted by Gasteiger charge is -2.25. The molecule has 0 bridgehead atoms. The normalized spacial score (nSPS) is 13.9. The molecule has 1 rings (SSSR count). The molecule has 3 heteroatoms. The second-order valence-electron chi connectivity index (χ2n) is 4.84. The molecule has 15 heavy (non-hydrogen) atoms. The number of hydrogen-bond donors (Lipinski definition) is 0. The number of rotatable bonds is 3. The summed E-state index contributed by atoms with van der Waals surface area (Å²) in [4.78, 5) is 4.13. The van der Waals surface area contributed by atoms with E-state index in [9.17, 15) is 4.39 Å². The Labute approximate surface area is 99.2 Å². The minimum atomic E-state index is -0.203. The molecule has 0 aromatic carbocycles. The van der Waals surface area contributed by atoms with Crippen LogP contribution in [0.3, 0.4) is 0 Å². The van der Waals surface area contributed by atoms with Crippen molar-refractivity contribution < 1.29 is 4.39 Å². The van der Waals surface area contributed by atoms with Crippen LogP contribution in [0.4, 0.5) is 4.39 Å². The number of alkyl halides is 1. The summed E-state index contributed by atoms with van der Waals surface area (Å²) in [6.07, 6.45) is 4.60. The Morgan fingerprint density at radius 2 is 2.13 bits per heavy atom. The van der Waals surface area contributed by atoms with Gasteiger partial charge in [0.05, 0.1) is 6.20 Å². The van der Waals surface area contributed by atoms with E-state index in [1.165, 1.54) is 6.20 Å². The monoisotopic (exact) mass is 273 g/mol. The first kappa shape index (κ1) is 12.6. The minimum Gasteiger partial charge on any atom is -0.262 e. The summed E-state index contributed by atoms with van der Waals surface area (Å²) >= 11 is 3.64. The van der Waals surface area contributed by atoms with Gasteiger partial charge in [-0.15, -0.1) is 0 Å². The number of halogens is 2. The number of hydrogen-bond acceptors (Lipinski definition) is 1. The van der Waals surface area contributed by atoms with E-state index >= 15 is 0 Å². The maximum atomic E-state index is 13.3. The van der Waals surface area contributed by atoms with Crippen molar-refractivity contribution in [3.05, 3.63) is 29.8 Å². The third-order valence-corrected chi connectivity index (χ3v) is 4.29. The fourth-order valence-corrected chi connectivity index (χ4v) is 1.55. The Hall–Kier alpha value is -0.440. The molecule has 0 saturated carbocycles. The molecule has 1 aromatic heterocycles. The third-order valence-electron chi connectivity index (χ3n) is 2.46. The Morgan fingerprint density at radius 1 is 1.47 bits per heavy atom. The van der Waals surface area contributed by atoms with E-state index in [1.807, 2.05) is 0 Å². The molecular formula is C12H17BrFN. The van der Waals surface area contributed by atoms with Gasteiger partial charge in [-0.25, -0.2) is 4.39 Å². The summed E-state index contributed by atoms with van der Waals surface area (Å²) in [5.41, 5.74) is 0.961. The number of aryl methyl sites for hydroxylation is 1. The van der Waals surface area contributed by atoms with Crippen LogP contribution in [0.5, 0.6) is 0 Å². The van der Waals surface area contributed by atoms with E-state index < -0.39 is 0 Å². The van der Waals surface area contributed by atoms with E-state index in [1.54, 1.807) is 12.3 Å². The van der Waals surface area contributed by atoms with Crippen molar-refractivity contribution in [1.29, 1.82) is 0 Å². The third kappa shape index (κ3) is 3.90. The lowest BCUT2D eigenvalue weighted by Crippen LogP contribution is -2.20. The summed E-state index contributed by atoms with van der Waals surface area (Å²) in [6.45, 7) is 6.53. The fourth-order valence-electron chi connectivity index (χ4n) is 1.32. The van der Waals surface area contributed by atoms with Gasteiger partial charge < -0.3 is 0 Å². The van der Waals surface area contributed by atoms with Gasteiger partial charge in [-0.2, -0.15) is 0 Å². The lowest BCUT2D eigenvalue weighted by atomic mass is 9.89. The second kappa shape index (κ2) is 5.06. The zero-order valence-corrected chi connectivity index (χ0v) is 11.0. The molecule has 0 aliphatic heterocycles. The van der Waals surface area contributed by atoms with Crippen LogP contribution < -0.4 is 0 Å². The largest absolute Gasteiger partial charge is 0.262 e. The Balaban J connectivity index is 2.55. The van der Waals surface area contributed by atoms with E-state index in [0.29, 0.717) is 4.83 Å². The Bertz CT molecular complexity index is 320. The standard InChI is InChI=1S/C12H17BrFN/c1-12(2,3)11(13)5-4-9-6-7-15-8-10(9)14/h6-8,11H,4-5H2,1-3H3. The van der Waals surface area contributed by atoms with Crippen molar-refractivity contribution in [2.45, 2.75) is 38.4 Å². The molecule has 1 atom stereocenters. The van der Waals surface area contributed by atoms with Crippen molar-refractivity contribution in [3.8, 4) is 0 Å². The smallest absolute Gasteiger partial charge is 0.144 e. The number of nitrogens with zero attached hydrogens (tertiary/aromatic N) is 1. The highest BCUT2D eigenvalue weighted by Crippen LogP contribution is 2.29. The van der Waals surface area contributed by atoms with Gasteiger partial charge in [0.2, 0.25) is 0 Å². The van der Waals surface area contributed by atoms with Crippen LogP contribution in [0.25, 0.3) is 0 Å². The summed E-state index contributed by atoms with van der Waals surface area (Å²) in [7, 11) is 0. The predicted octanol–water partition coefficient (Wildman–Crippen LogP) is 3.96. The Morgan fingerprint density at radius 3 is 2.67 bits per heavy atom. The molecular weight excluding hydrogens is 257 g/mol. The highest BCUT2D eigenvalue weighted by atomic mass is 79.9. The first-order valence-corrected chi connectivity index (χ1v) is 6.05. The fraction of sp³-hybridized carbons (Fsp3) is 0.583. The topological polar surface area (TPSA) is 12.9 Å². The second-order valence-corrected chi connectivity index (χ2v) is 5.94. The molecule has 0 saturated heterocycles. The zero-order valence-electron chi connectivity index (χ0n) is 9.43. The van der Waals surface area contributed by atoms with Gasteiger partial charge in [0, 0.05) is 11.0 Å². The minimum absolute atomic E-state index is 0.203. The molecule has 1 heterocycles. The summed E-state index contributed by atoms with van der Waals surface area (Å²) < 4.78 is 13.3. The van der Waals surface area contributed by atoms with Crippen molar-refractivity contribution in [2.75, 3.05) is 0 Å². The van der Waals surface area contributed by atoms with Gasteiger partial charge in [0.15, 0.2) is 0 Å². The Kier molecular flexibility index (Phi) is 4.26. The van der Waals surface area contributed by atoms with Crippen molar-refractivity contribution in [3.63, 3.8) is 0 Å². The predicted molar refractivity (Wildman–Crippen MR) is 64.7 cm³/mol. The van der Waals surface area contributed by atoms with Crippen LogP contribution >= 0.6 is 15.9 Å². The van der Waals surface area contributed by atoms with Gasteiger partial charge >= 0.3 is 0 Å². The molecule has 0 spiro atoms. The van der Waals surface area contributed by atoms with E-state index in [2.05, 4.69) is 41.7 Å². The highest BCUT2D eigenvalue weighted by molar-refractivity contribution is 9.09. The highest BCUT2D eigenvalue weighted by Gasteiger charge is 2.21. The molecule has 0 radical (unpaired) electrons. The maximum Gasteiger partial charge on any atom is 0.144 e. The van der Waals surface area contributed by atoms with E-state index in [-0.39, 0.29) is 11.2 Å². The number of aromatic nitrogens is 1. The first-order chi connectivity index (χ1) is 6.91. The van der Waals surface area contributed by atoms with Gasteiger partial charge in [0.1, 0.15) is 5.82 Å². The first-order valence-electron chi connectivity index (χ1n) is 5.13. The zero-order chi connectivity index (χ0) is 11.5. The summed E-state index contributed by atoms with van der Waals surface area (Å²) in [5, 5.41) is 0. The number of pyridine rings is 1. The lowest BCUT2D eigenvalue weighted by molar-refractivity contribution is 0.384. The molecule has 0 aliphatic carbocycles. The van der Waals surface area contributed by atoms with E-state index in [0.717, 1.165) is 18.4 Å². The van der Waals surface area contributed by atoms with Crippen LogP contribution in [0.15, 0.2) is 18.5 Å². The van der Waals surface area contributed by atoms with Gasteiger partial charge in [-0.05, 0) is 29.9 Å². The van der Waals surface area contributed by atoms with E-state index in [4.69, 9.17) is 0 Å². The summed E-state index contributed by atoms with van der Waals surface area (Å²) in [5.74, 6) is -0.203. The molecule has 84 valence electrons. The van der Waals surface area contributed by atoms with Gasteiger partial charge in [-0.1, -0.05) is 36.7 Å². The van der Waals surface area contributed by atoms with Crippen LogP contribution in [0, 0.1) is 11.2 Å². The van der Waals surface area contributed by atoms with Crippen molar-refractivity contribution in [2.24, 2.45) is 5.41 Å². The van der Waals surface area contributed by atoms with Crippen LogP contribution in [-0.4, -0.2) is 9.81 Å². The average molecular weight is 274 g/mol. The van der Waals surface area contributed by atoms with Crippen molar-refractivity contribution >= 4 is 15.9 Å². The summed E-state index contributed by atoms with van der Waals surface area (Å²) in [6, 6.07) is 1.75. The van der Waals surface area contributed by atoms with Crippen LogP contribution in [0.2, 0.25) is 0 Å². The van der Waals surface area contributed by atoms with Crippen LogP contribution in [-0.2, 0) is 6.42 Å². The van der Waals surface area contributed by atoms with Crippen molar-refractivity contribution in [1.82, 2.24) is 4.98 Å². The molecule has 1 nitrogen and oxygen atoms in total. The molecule has 0 N–H and O–H groups in total. The quantitative estimate of drug-likeness (QED) is 0.760. The van der Waals surface area contributed by atoms with Gasteiger partial charge in [-0.3, -0.25) is 4.98 Å². The SMILES string of the molecule is CC(C)(C)C(Br)CCc1ccncc1F. The molecule has 0 fully saturated rings. The molecule has 1 unspecified atom stereocenters. The molecule has 0 amide bonds. The van der Waals surface area contributed by atoms with Gasteiger partial charge in [0.25, 0.3) is 0 Å². The molecule has 1 aromatic rings. The average Bonchev–Trinajstić information content (AvgIpc) is 2.14.